The minimum atomic E-state index is 0.104. The SMILES string of the molecule is COCCN1C(N)=NCC1c1ncc(Cl)s1. The predicted octanol–water partition coefficient (Wildman–Crippen LogP) is 1.11. The Balaban J connectivity index is 2.10. The van der Waals surface area contributed by atoms with Gasteiger partial charge in [0, 0.05) is 13.7 Å². The molecular formula is C9H13ClN4OS. The maximum Gasteiger partial charge on any atom is 0.192 e. The van der Waals surface area contributed by atoms with Gasteiger partial charge in [0.05, 0.1) is 19.3 Å². The Bertz CT molecular complexity index is 395. The van der Waals surface area contributed by atoms with E-state index in [0.717, 1.165) is 5.01 Å². The first-order valence-corrected chi connectivity index (χ1v) is 6.08. The predicted molar refractivity (Wildman–Crippen MR) is 64.9 cm³/mol. The smallest absolute Gasteiger partial charge is 0.192 e. The summed E-state index contributed by atoms with van der Waals surface area (Å²) in [5.74, 6) is 0.549. The minimum absolute atomic E-state index is 0.104. The van der Waals surface area contributed by atoms with Crippen LogP contribution in [0.1, 0.15) is 11.0 Å². The van der Waals surface area contributed by atoms with Crippen LogP contribution in [0.2, 0.25) is 4.34 Å². The number of nitrogens with zero attached hydrogens (tertiary/aromatic N) is 3. The van der Waals surface area contributed by atoms with Crippen molar-refractivity contribution in [1.82, 2.24) is 9.88 Å². The molecule has 0 radical (unpaired) electrons. The Morgan fingerprint density at radius 2 is 2.56 bits per heavy atom. The highest BCUT2D eigenvalue weighted by Crippen LogP contribution is 2.30. The molecule has 2 rings (SSSR count). The van der Waals surface area contributed by atoms with Crippen LogP contribution in [0.4, 0.5) is 0 Å². The Hall–Kier alpha value is -0.850. The molecule has 0 aliphatic carbocycles. The molecule has 0 bridgehead atoms. The topological polar surface area (TPSA) is 63.7 Å². The summed E-state index contributed by atoms with van der Waals surface area (Å²) in [5, 5.41) is 0.949. The van der Waals surface area contributed by atoms with Crippen LogP contribution in [-0.2, 0) is 4.74 Å². The third-order valence-electron chi connectivity index (χ3n) is 2.41. The van der Waals surface area contributed by atoms with Gasteiger partial charge in [-0.25, -0.2) is 4.98 Å². The summed E-state index contributed by atoms with van der Waals surface area (Å²) < 4.78 is 5.73. The molecule has 88 valence electrons. The van der Waals surface area contributed by atoms with E-state index < -0.39 is 0 Å². The van der Waals surface area contributed by atoms with Crippen molar-refractivity contribution in [3.63, 3.8) is 0 Å². The molecule has 0 fully saturated rings. The van der Waals surface area contributed by atoms with Crippen LogP contribution < -0.4 is 5.73 Å². The van der Waals surface area contributed by atoms with Crippen LogP contribution in [0.15, 0.2) is 11.2 Å². The summed E-state index contributed by atoms with van der Waals surface area (Å²) in [4.78, 5) is 10.5. The Kier molecular flexibility index (Phi) is 3.63. The lowest BCUT2D eigenvalue weighted by Gasteiger charge is -2.24. The number of thiazole rings is 1. The van der Waals surface area contributed by atoms with Crippen molar-refractivity contribution in [3.8, 4) is 0 Å². The van der Waals surface area contributed by atoms with E-state index in [2.05, 4.69) is 9.98 Å². The van der Waals surface area contributed by atoms with Crippen molar-refractivity contribution in [2.24, 2.45) is 10.7 Å². The molecule has 0 amide bonds. The molecule has 2 heterocycles. The van der Waals surface area contributed by atoms with Crippen LogP contribution >= 0.6 is 22.9 Å². The number of aliphatic imine (C=N–C) groups is 1. The highest BCUT2D eigenvalue weighted by molar-refractivity contribution is 7.15. The number of rotatable bonds is 4. The molecule has 0 aromatic carbocycles. The molecule has 5 nitrogen and oxygen atoms in total. The van der Waals surface area contributed by atoms with Gasteiger partial charge in [-0.2, -0.15) is 0 Å². The van der Waals surface area contributed by atoms with Gasteiger partial charge in [-0.05, 0) is 0 Å². The highest BCUT2D eigenvalue weighted by atomic mass is 35.5. The fourth-order valence-corrected chi connectivity index (χ4v) is 2.66. The van der Waals surface area contributed by atoms with E-state index in [-0.39, 0.29) is 6.04 Å². The molecule has 1 aliphatic rings. The first-order chi connectivity index (χ1) is 7.72. The number of halogens is 1. The number of ether oxygens (including phenoxy) is 1. The third kappa shape index (κ3) is 2.28. The molecule has 0 saturated heterocycles. The van der Waals surface area contributed by atoms with Crippen molar-refractivity contribution >= 4 is 28.9 Å². The largest absolute Gasteiger partial charge is 0.383 e. The van der Waals surface area contributed by atoms with Gasteiger partial charge in [-0.15, -0.1) is 11.3 Å². The zero-order valence-corrected chi connectivity index (χ0v) is 10.5. The molecular weight excluding hydrogens is 248 g/mol. The van der Waals surface area contributed by atoms with E-state index in [1.165, 1.54) is 11.3 Å². The molecule has 1 aliphatic heterocycles. The number of guanidine groups is 1. The average molecular weight is 261 g/mol. The number of nitrogens with two attached hydrogens (primary N) is 1. The second kappa shape index (κ2) is 4.99. The van der Waals surface area contributed by atoms with Crippen molar-refractivity contribution in [2.75, 3.05) is 26.8 Å². The maximum atomic E-state index is 5.87. The van der Waals surface area contributed by atoms with Crippen LogP contribution in [0.25, 0.3) is 0 Å². The highest BCUT2D eigenvalue weighted by Gasteiger charge is 2.29. The molecule has 1 aromatic rings. The van der Waals surface area contributed by atoms with Crippen LogP contribution in [0.3, 0.4) is 0 Å². The van der Waals surface area contributed by atoms with Gasteiger partial charge in [-0.3, -0.25) is 4.99 Å². The van der Waals surface area contributed by atoms with Crippen molar-refractivity contribution in [2.45, 2.75) is 6.04 Å². The molecule has 16 heavy (non-hydrogen) atoms. The van der Waals surface area contributed by atoms with Gasteiger partial charge < -0.3 is 15.4 Å². The molecule has 0 saturated carbocycles. The summed E-state index contributed by atoms with van der Waals surface area (Å²) in [6.45, 7) is 1.97. The normalized spacial score (nSPS) is 20.2. The van der Waals surface area contributed by atoms with Crippen LogP contribution in [0.5, 0.6) is 0 Å². The fraction of sp³-hybridized carbons (Fsp3) is 0.556. The summed E-state index contributed by atoms with van der Waals surface area (Å²) in [5.41, 5.74) is 5.82. The second-order valence-electron chi connectivity index (χ2n) is 3.40. The van der Waals surface area contributed by atoms with Crippen molar-refractivity contribution in [3.05, 3.63) is 15.5 Å². The van der Waals surface area contributed by atoms with E-state index in [9.17, 15) is 0 Å². The summed E-state index contributed by atoms with van der Waals surface area (Å²) >= 11 is 7.34. The zero-order chi connectivity index (χ0) is 11.5. The van der Waals surface area contributed by atoms with E-state index in [4.69, 9.17) is 22.1 Å². The second-order valence-corrected chi connectivity index (χ2v) is 5.10. The number of methoxy groups -OCH3 is 1. The summed E-state index contributed by atoms with van der Waals surface area (Å²) in [6, 6.07) is 0.104. The van der Waals surface area contributed by atoms with Crippen molar-refractivity contribution < 1.29 is 4.74 Å². The minimum Gasteiger partial charge on any atom is -0.383 e. The molecule has 7 heteroatoms. The monoisotopic (exact) mass is 260 g/mol. The maximum absolute atomic E-state index is 5.87. The van der Waals surface area contributed by atoms with Crippen molar-refractivity contribution in [1.29, 1.82) is 0 Å². The first kappa shape index (κ1) is 11.6. The Labute approximate surface area is 103 Å². The zero-order valence-electron chi connectivity index (χ0n) is 8.89. The molecule has 2 N–H and O–H groups in total. The van der Waals surface area contributed by atoms with Gasteiger partial charge in [0.25, 0.3) is 0 Å². The summed E-state index contributed by atoms with van der Waals surface area (Å²) in [6.07, 6.45) is 1.66. The molecule has 0 spiro atoms. The van der Waals surface area contributed by atoms with Gasteiger partial charge in [0.15, 0.2) is 5.96 Å². The molecule has 1 atom stereocenters. The quantitative estimate of drug-likeness (QED) is 0.881. The number of hydrogen-bond donors (Lipinski definition) is 1. The van der Waals surface area contributed by atoms with E-state index in [1.54, 1.807) is 13.3 Å². The lowest BCUT2D eigenvalue weighted by molar-refractivity contribution is 0.166. The third-order valence-corrected chi connectivity index (χ3v) is 3.63. The van der Waals surface area contributed by atoms with Crippen LogP contribution in [0, 0.1) is 0 Å². The van der Waals surface area contributed by atoms with Gasteiger partial charge in [-0.1, -0.05) is 11.6 Å². The van der Waals surface area contributed by atoms with Gasteiger partial charge >= 0.3 is 0 Å². The molecule has 1 aromatic heterocycles. The average Bonchev–Trinajstić information content (AvgIpc) is 2.82. The Morgan fingerprint density at radius 3 is 3.19 bits per heavy atom. The lowest BCUT2D eigenvalue weighted by Crippen LogP contribution is -2.38. The molecule has 1 unspecified atom stereocenters. The fourth-order valence-electron chi connectivity index (χ4n) is 1.62. The van der Waals surface area contributed by atoms with Gasteiger partial charge in [0.2, 0.25) is 0 Å². The first-order valence-electron chi connectivity index (χ1n) is 4.89. The standard InChI is InChI=1S/C9H13ClN4OS/c1-15-3-2-14-6(4-13-9(14)11)8-12-5-7(10)16-8/h5-6H,2-4H2,1H3,(H2,11,13). The number of hydrogen-bond acceptors (Lipinski definition) is 6. The Morgan fingerprint density at radius 1 is 1.75 bits per heavy atom. The summed E-state index contributed by atoms with van der Waals surface area (Å²) in [7, 11) is 1.67. The lowest BCUT2D eigenvalue weighted by atomic mass is 10.3. The van der Waals surface area contributed by atoms with Crippen LogP contribution in [-0.4, -0.2) is 42.6 Å². The van der Waals surface area contributed by atoms with Gasteiger partial charge in [0.1, 0.15) is 15.4 Å². The van der Waals surface area contributed by atoms with E-state index in [0.29, 0.717) is 30.0 Å². The van der Waals surface area contributed by atoms with E-state index in [1.807, 2.05) is 4.90 Å². The van der Waals surface area contributed by atoms with E-state index >= 15 is 0 Å². The number of aromatic nitrogens is 1.